The second-order valence-corrected chi connectivity index (χ2v) is 5.18. The van der Waals surface area contributed by atoms with Crippen molar-refractivity contribution in [2.75, 3.05) is 18.6 Å². The third-order valence-corrected chi connectivity index (χ3v) is 3.83. The third kappa shape index (κ3) is 2.76. The van der Waals surface area contributed by atoms with E-state index in [1.165, 1.54) is 13.2 Å². The van der Waals surface area contributed by atoms with E-state index in [1.807, 2.05) is 4.90 Å². The fourth-order valence-corrected chi connectivity index (χ4v) is 2.84. The summed E-state index contributed by atoms with van der Waals surface area (Å²) >= 11 is 6.23. The van der Waals surface area contributed by atoms with E-state index in [2.05, 4.69) is 6.92 Å². The Labute approximate surface area is 117 Å². The minimum Gasteiger partial charge on any atom is -0.496 e. The minimum absolute atomic E-state index is 0.0121. The van der Waals surface area contributed by atoms with Crippen molar-refractivity contribution in [2.24, 2.45) is 0 Å². The van der Waals surface area contributed by atoms with Crippen LogP contribution >= 0.6 is 11.6 Å². The molecule has 1 aliphatic heterocycles. The predicted molar refractivity (Wildman–Crippen MR) is 75.3 cm³/mol. The van der Waals surface area contributed by atoms with Crippen LogP contribution in [-0.2, 0) is 0 Å². The fraction of sp³-hybridized carbons (Fsp3) is 0.538. The van der Waals surface area contributed by atoms with Gasteiger partial charge in [-0.05, 0) is 26.2 Å². The fourth-order valence-electron chi connectivity index (χ4n) is 2.53. The number of benzene rings is 1. The maximum atomic E-state index is 11.3. The standard InChI is InChI=1S/C13H17ClN2O3/c1-9-5-3-4-6-15(9)13-11(14)7-10(19-2)8-12(13)16(17)18/h7-9H,3-6H2,1-2H3/t9-/m0/s1. The van der Waals surface area contributed by atoms with Gasteiger partial charge in [-0.3, -0.25) is 10.1 Å². The van der Waals surface area contributed by atoms with Crippen molar-refractivity contribution >= 4 is 23.0 Å². The number of rotatable bonds is 3. The number of nitro groups is 1. The van der Waals surface area contributed by atoms with Crippen molar-refractivity contribution < 1.29 is 9.66 Å². The van der Waals surface area contributed by atoms with E-state index in [0.29, 0.717) is 16.5 Å². The van der Waals surface area contributed by atoms with Crippen molar-refractivity contribution in [2.45, 2.75) is 32.2 Å². The normalized spacial score (nSPS) is 19.3. The lowest BCUT2D eigenvalue weighted by molar-refractivity contribution is -0.384. The maximum Gasteiger partial charge on any atom is 0.297 e. The van der Waals surface area contributed by atoms with Crippen molar-refractivity contribution in [1.82, 2.24) is 0 Å². The van der Waals surface area contributed by atoms with Crippen LogP contribution in [0.2, 0.25) is 5.02 Å². The highest BCUT2D eigenvalue weighted by Gasteiger charge is 2.28. The second-order valence-electron chi connectivity index (χ2n) is 4.77. The summed E-state index contributed by atoms with van der Waals surface area (Å²) in [5.74, 6) is 0.408. The largest absolute Gasteiger partial charge is 0.496 e. The van der Waals surface area contributed by atoms with Crippen molar-refractivity contribution in [3.63, 3.8) is 0 Å². The summed E-state index contributed by atoms with van der Waals surface area (Å²) in [6.07, 6.45) is 3.21. The molecule has 6 heteroatoms. The molecule has 19 heavy (non-hydrogen) atoms. The van der Waals surface area contributed by atoms with Gasteiger partial charge in [0.1, 0.15) is 11.4 Å². The molecule has 2 rings (SSSR count). The Morgan fingerprint density at radius 3 is 2.79 bits per heavy atom. The molecular formula is C13H17ClN2O3. The molecule has 1 atom stereocenters. The number of hydrogen-bond donors (Lipinski definition) is 0. The zero-order chi connectivity index (χ0) is 14.0. The summed E-state index contributed by atoms with van der Waals surface area (Å²) < 4.78 is 5.05. The zero-order valence-electron chi connectivity index (χ0n) is 11.1. The number of nitrogens with zero attached hydrogens (tertiary/aromatic N) is 2. The maximum absolute atomic E-state index is 11.3. The van der Waals surface area contributed by atoms with E-state index in [9.17, 15) is 10.1 Å². The van der Waals surface area contributed by atoms with Gasteiger partial charge in [-0.15, -0.1) is 0 Å². The van der Waals surface area contributed by atoms with Crippen LogP contribution in [0.1, 0.15) is 26.2 Å². The molecule has 0 N–H and O–H groups in total. The van der Waals surface area contributed by atoms with Crippen LogP contribution in [-0.4, -0.2) is 24.6 Å². The molecule has 1 aliphatic rings. The first-order valence-corrected chi connectivity index (χ1v) is 6.71. The van der Waals surface area contributed by atoms with Gasteiger partial charge in [0.15, 0.2) is 0 Å². The molecule has 0 saturated carbocycles. The number of methoxy groups -OCH3 is 1. The van der Waals surface area contributed by atoms with Gasteiger partial charge in [0.25, 0.3) is 5.69 Å². The van der Waals surface area contributed by atoms with Crippen molar-refractivity contribution in [3.05, 3.63) is 27.3 Å². The number of nitro benzene ring substituents is 1. The summed E-state index contributed by atoms with van der Waals surface area (Å²) in [6, 6.07) is 3.33. The highest BCUT2D eigenvalue weighted by Crippen LogP contribution is 2.41. The zero-order valence-corrected chi connectivity index (χ0v) is 11.8. The molecule has 0 unspecified atom stereocenters. The van der Waals surface area contributed by atoms with E-state index in [0.717, 1.165) is 25.8 Å². The Morgan fingerprint density at radius 1 is 1.47 bits per heavy atom. The van der Waals surface area contributed by atoms with Crippen LogP contribution in [0.15, 0.2) is 12.1 Å². The van der Waals surface area contributed by atoms with Crippen LogP contribution in [0.25, 0.3) is 0 Å². The average Bonchev–Trinajstić information content (AvgIpc) is 2.38. The van der Waals surface area contributed by atoms with Crippen LogP contribution in [0.3, 0.4) is 0 Å². The second kappa shape index (κ2) is 5.65. The van der Waals surface area contributed by atoms with E-state index in [1.54, 1.807) is 6.07 Å². The molecule has 1 heterocycles. The molecule has 1 saturated heterocycles. The van der Waals surface area contributed by atoms with Crippen LogP contribution in [0.4, 0.5) is 11.4 Å². The van der Waals surface area contributed by atoms with E-state index in [-0.39, 0.29) is 11.7 Å². The van der Waals surface area contributed by atoms with Gasteiger partial charge in [0.05, 0.1) is 23.1 Å². The van der Waals surface area contributed by atoms with Gasteiger partial charge in [-0.2, -0.15) is 0 Å². The smallest absolute Gasteiger partial charge is 0.297 e. The number of piperidine rings is 1. The van der Waals surface area contributed by atoms with Crippen LogP contribution in [0, 0.1) is 10.1 Å². The van der Waals surface area contributed by atoms with Gasteiger partial charge >= 0.3 is 0 Å². The lowest BCUT2D eigenvalue weighted by atomic mass is 10.0. The van der Waals surface area contributed by atoms with Crippen LogP contribution < -0.4 is 9.64 Å². The third-order valence-electron chi connectivity index (χ3n) is 3.54. The molecule has 104 valence electrons. The summed E-state index contributed by atoms with van der Waals surface area (Å²) in [6.45, 7) is 2.87. The lowest BCUT2D eigenvalue weighted by Gasteiger charge is -2.35. The molecule has 0 amide bonds. The van der Waals surface area contributed by atoms with Gasteiger partial charge in [0.2, 0.25) is 0 Å². The quantitative estimate of drug-likeness (QED) is 0.628. The Morgan fingerprint density at radius 2 is 2.21 bits per heavy atom. The molecule has 1 fully saturated rings. The first-order chi connectivity index (χ1) is 9.04. The summed E-state index contributed by atoms with van der Waals surface area (Å²) in [5.41, 5.74) is 0.526. The highest BCUT2D eigenvalue weighted by molar-refractivity contribution is 6.34. The van der Waals surface area contributed by atoms with Gasteiger partial charge < -0.3 is 9.64 Å². The van der Waals surface area contributed by atoms with Gasteiger partial charge in [-0.1, -0.05) is 11.6 Å². The van der Waals surface area contributed by atoms with E-state index in [4.69, 9.17) is 16.3 Å². The van der Waals surface area contributed by atoms with Gasteiger partial charge in [0, 0.05) is 18.7 Å². The summed E-state index contributed by atoms with van der Waals surface area (Å²) in [7, 11) is 1.47. The minimum atomic E-state index is -0.398. The van der Waals surface area contributed by atoms with E-state index < -0.39 is 4.92 Å². The van der Waals surface area contributed by atoms with Crippen LogP contribution in [0.5, 0.6) is 5.75 Å². The predicted octanol–water partition coefficient (Wildman–Crippen LogP) is 3.64. The molecular weight excluding hydrogens is 268 g/mol. The molecule has 0 aliphatic carbocycles. The molecule has 1 aromatic rings. The Kier molecular flexibility index (Phi) is 4.14. The molecule has 0 bridgehead atoms. The Balaban J connectivity index is 2.51. The molecule has 0 aromatic heterocycles. The first-order valence-electron chi connectivity index (χ1n) is 6.33. The molecule has 0 radical (unpaired) electrons. The number of anilines is 1. The monoisotopic (exact) mass is 284 g/mol. The Hall–Kier alpha value is -1.49. The van der Waals surface area contributed by atoms with Gasteiger partial charge in [-0.25, -0.2) is 0 Å². The summed E-state index contributed by atoms with van der Waals surface area (Å²) in [5, 5.41) is 11.6. The average molecular weight is 285 g/mol. The number of ether oxygens (including phenoxy) is 1. The topological polar surface area (TPSA) is 55.6 Å². The van der Waals surface area contributed by atoms with Crippen molar-refractivity contribution in [3.8, 4) is 5.75 Å². The lowest BCUT2D eigenvalue weighted by Crippen LogP contribution is -2.38. The SMILES string of the molecule is COc1cc(Cl)c(N2CCCC[C@@H]2C)c([N+](=O)[O-])c1. The highest BCUT2D eigenvalue weighted by atomic mass is 35.5. The first kappa shape index (κ1) is 13.9. The molecule has 0 spiro atoms. The van der Waals surface area contributed by atoms with Crippen molar-refractivity contribution in [1.29, 1.82) is 0 Å². The molecule has 5 nitrogen and oxygen atoms in total. The number of halogens is 1. The summed E-state index contributed by atoms with van der Waals surface area (Å²) in [4.78, 5) is 12.9. The number of hydrogen-bond acceptors (Lipinski definition) is 4. The van der Waals surface area contributed by atoms with E-state index >= 15 is 0 Å². The Bertz CT molecular complexity index is 493. The molecule has 1 aromatic carbocycles.